The largest absolute Gasteiger partial charge is 0.373 e. The van der Waals surface area contributed by atoms with Gasteiger partial charge in [-0.1, -0.05) is 18.2 Å². The van der Waals surface area contributed by atoms with Crippen LogP contribution in [-0.2, 0) is 4.74 Å². The standard InChI is InChI=1S/C6H10O.C3H6/c1-3-5-7-6-4-2;1-3-2/h3-4H,1-2,5-6H2;3H,1H2,2H3. The number of hydrogen-bond donors (Lipinski definition) is 0. The van der Waals surface area contributed by atoms with Crippen LogP contribution in [0.4, 0.5) is 0 Å². The van der Waals surface area contributed by atoms with Gasteiger partial charge in [0, 0.05) is 0 Å². The molecule has 0 spiro atoms. The Balaban J connectivity index is 0. The summed E-state index contributed by atoms with van der Waals surface area (Å²) in [6.45, 7) is 13.4. The zero-order valence-corrected chi connectivity index (χ0v) is 6.68. The molecule has 0 heterocycles. The van der Waals surface area contributed by atoms with Crippen molar-refractivity contribution in [2.24, 2.45) is 0 Å². The maximum Gasteiger partial charge on any atom is 0.0649 e. The third-order valence-corrected chi connectivity index (χ3v) is 0.471. The van der Waals surface area contributed by atoms with E-state index in [9.17, 15) is 0 Å². The molecule has 0 amide bonds. The first-order valence-corrected chi connectivity index (χ1v) is 3.20. The van der Waals surface area contributed by atoms with Gasteiger partial charge in [0.05, 0.1) is 13.2 Å². The van der Waals surface area contributed by atoms with Crippen molar-refractivity contribution in [1.29, 1.82) is 0 Å². The Morgan fingerprint density at radius 1 is 1.10 bits per heavy atom. The summed E-state index contributed by atoms with van der Waals surface area (Å²) in [5.41, 5.74) is 0. The second kappa shape index (κ2) is 15.7. The van der Waals surface area contributed by atoms with E-state index >= 15 is 0 Å². The molecule has 0 atom stereocenters. The third kappa shape index (κ3) is 27.1. The highest BCUT2D eigenvalue weighted by atomic mass is 16.5. The molecule has 1 heteroatoms. The van der Waals surface area contributed by atoms with E-state index in [2.05, 4.69) is 19.7 Å². The summed E-state index contributed by atoms with van der Waals surface area (Å²) in [4.78, 5) is 0. The van der Waals surface area contributed by atoms with E-state index in [0.29, 0.717) is 13.2 Å². The molecule has 1 nitrogen and oxygen atoms in total. The van der Waals surface area contributed by atoms with Gasteiger partial charge in [-0.05, 0) is 6.92 Å². The normalized spacial score (nSPS) is 6.90. The van der Waals surface area contributed by atoms with E-state index in [-0.39, 0.29) is 0 Å². The monoisotopic (exact) mass is 140 g/mol. The minimum Gasteiger partial charge on any atom is -0.373 e. The van der Waals surface area contributed by atoms with Crippen LogP contribution in [0.5, 0.6) is 0 Å². The van der Waals surface area contributed by atoms with Gasteiger partial charge >= 0.3 is 0 Å². The summed E-state index contributed by atoms with van der Waals surface area (Å²) in [7, 11) is 0. The van der Waals surface area contributed by atoms with Gasteiger partial charge in [-0.2, -0.15) is 0 Å². The van der Waals surface area contributed by atoms with Crippen LogP contribution in [0.15, 0.2) is 38.0 Å². The van der Waals surface area contributed by atoms with Gasteiger partial charge in [0.15, 0.2) is 0 Å². The van der Waals surface area contributed by atoms with E-state index in [4.69, 9.17) is 4.74 Å². The van der Waals surface area contributed by atoms with E-state index < -0.39 is 0 Å². The summed E-state index contributed by atoms with van der Waals surface area (Å²) in [6, 6.07) is 0. The van der Waals surface area contributed by atoms with Crippen molar-refractivity contribution in [3.8, 4) is 0 Å². The summed E-state index contributed by atoms with van der Waals surface area (Å²) in [5, 5.41) is 0. The molecular formula is C9H16O. The molecule has 0 radical (unpaired) electrons. The maximum absolute atomic E-state index is 4.90. The molecule has 0 aromatic rings. The molecule has 0 aliphatic carbocycles. The maximum atomic E-state index is 4.90. The van der Waals surface area contributed by atoms with Gasteiger partial charge in [0.2, 0.25) is 0 Å². The van der Waals surface area contributed by atoms with Crippen molar-refractivity contribution in [2.45, 2.75) is 6.92 Å². The molecule has 58 valence electrons. The lowest BCUT2D eigenvalue weighted by Crippen LogP contribution is -1.87. The van der Waals surface area contributed by atoms with Crippen LogP contribution >= 0.6 is 0 Å². The predicted octanol–water partition coefficient (Wildman–Crippen LogP) is 2.57. The summed E-state index contributed by atoms with van der Waals surface area (Å²) < 4.78 is 4.90. The van der Waals surface area contributed by atoms with E-state index in [1.165, 1.54) is 0 Å². The molecule has 0 saturated heterocycles. The van der Waals surface area contributed by atoms with Gasteiger partial charge in [-0.3, -0.25) is 0 Å². The Morgan fingerprint density at radius 3 is 1.60 bits per heavy atom. The molecule has 0 aromatic carbocycles. The van der Waals surface area contributed by atoms with Crippen molar-refractivity contribution >= 4 is 0 Å². The number of hydrogen-bond acceptors (Lipinski definition) is 1. The number of ether oxygens (including phenoxy) is 1. The average Bonchev–Trinajstić information content (AvgIpc) is 1.91. The second-order valence-electron chi connectivity index (χ2n) is 1.52. The molecule has 0 rings (SSSR count). The van der Waals surface area contributed by atoms with E-state index in [1.54, 1.807) is 18.2 Å². The van der Waals surface area contributed by atoms with Crippen molar-refractivity contribution in [2.75, 3.05) is 13.2 Å². The van der Waals surface area contributed by atoms with Crippen molar-refractivity contribution < 1.29 is 4.74 Å². The fourth-order valence-corrected chi connectivity index (χ4v) is 0.235. The van der Waals surface area contributed by atoms with Gasteiger partial charge in [0.25, 0.3) is 0 Å². The fourth-order valence-electron chi connectivity index (χ4n) is 0.235. The molecule has 0 aromatic heterocycles. The molecular weight excluding hydrogens is 124 g/mol. The molecule has 0 aliphatic rings. The van der Waals surface area contributed by atoms with Gasteiger partial charge in [-0.25, -0.2) is 0 Å². The molecule has 10 heavy (non-hydrogen) atoms. The Labute approximate surface area is 63.7 Å². The number of rotatable bonds is 4. The zero-order chi connectivity index (χ0) is 8.24. The summed E-state index contributed by atoms with van der Waals surface area (Å²) in [6.07, 6.45) is 5.17. The molecule has 0 saturated carbocycles. The SMILES string of the molecule is C=CC.C=CCOCC=C. The van der Waals surface area contributed by atoms with Crippen molar-refractivity contribution in [3.63, 3.8) is 0 Å². The predicted molar refractivity (Wildman–Crippen MR) is 47.1 cm³/mol. The highest BCUT2D eigenvalue weighted by molar-refractivity contribution is 4.68. The molecule has 0 N–H and O–H groups in total. The topological polar surface area (TPSA) is 9.23 Å². The van der Waals surface area contributed by atoms with Crippen LogP contribution in [0, 0.1) is 0 Å². The Bertz CT molecular complexity index is 76.7. The number of allylic oxidation sites excluding steroid dienone is 1. The van der Waals surface area contributed by atoms with Crippen LogP contribution in [0.1, 0.15) is 6.92 Å². The van der Waals surface area contributed by atoms with Crippen LogP contribution in [0.3, 0.4) is 0 Å². The first kappa shape index (κ1) is 11.9. The smallest absolute Gasteiger partial charge is 0.0649 e. The quantitative estimate of drug-likeness (QED) is 0.431. The highest BCUT2D eigenvalue weighted by Crippen LogP contribution is 1.72. The highest BCUT2D eigenvalue weighted by Gasteiger charge is 1.70. The molecule has 0 unspecified atom stereocenters. The molecule has 0 fully saturated rings. The second-order valence-corrected chi connectivity index (χ2v) is 1.52. The van der Waals surface area contributed by atoms with E-state index in [1.807, 2.05) is 6.92 Å². The first-order chi connectivity index (χ1) is 4.83. The molecule has 0 bridgehead atoms. The van der Waals surface area contributed by atoms with E-state index in [0.717, 1.165) is 0 Å². The van der Waals surface area contributed by atoms with Crippen LogP contribution < -0.4 is 0 Å². The molecule has 0 aliphatic heterocycles. The zero-order valence-electron chi connectivity index (χ0n) is 6.68. The average molecular weight is 140 g/mol. The van der Waals surface area contributed by atoms with Crippen molar-refractivity contribution in [1.82, 2.24) is 0 Å². The van der Waals surface area contributed by atoms with Crippen molar-refractivity contribution in [3.05, 3.63) is 38.0 Å². The first-order valence-electron chi connectivity index (χ1n) is 3.20. The minimum atomic E-state index is 0.617. The van der Waals surface area contributed by atoms with Gasteiger partial charge in [-0.15, -0.1) is 19.7 Å². The Hall–Kier alpha value is -0.820. The fraction of sp³-hybridized carbons (Fsp3) is 0.333. The lowest BCUT2D eigenvalue weighted by atomic mass is 10.6. The van der Waals surface area contributed by atoms with Crippen LogP contribution in [0.25, 0.3) is 0 Å². The summed E-state index contributed by atoms with van der Waals surface area (Å²) in [5.74, 6) is 0. The van der Waals surface area contributed by atoms with Crippen LogP contribution in [-0.4, -0.2) is 13.2 Å². The Kier molecular flexibility index (Phi) is 18.7. The summed E-state index contributed by atoms with van der Waals surface area (Å²) >= 11 is 0. The van der Waals surface area contributed by atoms with Gasteiger partial charge in [0.1, 0.15) is 0 Å². The Morgan fingerprint density at radius 2 is 1.40 bits per heavy atom. The van der Waals surface area contributed by atoms with Crippen LogP contribution in [0.2, 0.25) is 0 Å². The lowest BCUT2D eigenvalue weighted by Gasteiger charge is -1.89. The lowest BCUT2D eigenvalue weighted by molar-refractivity contribution is 0.194. The third-order valence-electron chi connectivity index (χ3n) is 0.471. The minimum absolute atomic E-state index is 0.617. The van der Waals surface area contributed by atoms with Gasteiger partial charge < -0.3 is 4.74 Å².